The summed E-state index contributed by atoms with van der Waals surface area (Å²) < 4.78 is 0. The van der Waals surface area contributed by atoms with Crippen molar-refractivity contribution < 1.29 is 4.79 Å². The molecule has 0 aromatic carbocycles. The fourth-order valence-electron chi connectivity index (χ4n) is 1.10. The summed E-state index contributed by atoms with van der Waals surface area (Å²) >= 11 is 0. The fourth-order valence-corrected chi connectivity index (χ4v) is 1.10. The van der Waals surface area contributed by atoms with E-state index in [2.05, 4.69) is 5.32 Å². The van der Waals surface area contributed by atoms with E-state index >= 15 is 0 Å². The second-order valence-corrected chi connectivity index (χ2v) is 3.38. The van der Waals surface area contributed by atoms with Gasteiger partial charge in [0, 0.05) is 0 Å². The molecule has 3 nitrogen and oxygen atoms in total. The van der Waals surface area contributed by atoms with Gasteiger partial charge >= 0.3 is 0 Å². The minimum absolute atomic E-state index is 0.196. The van der Waals surface area contributed by atoms with Crippen molar-refractivity contribution in [2.75, 3.05) is 13.6 Å². The summed E-state index contributed by atoms with van der Waals surface area (Å²) in [6, 6.07) is 0. The molecular weight excluding hydrogens is 152 g/mol. The molecule has 0 aliphatic heterocycles. The molecule has 0 spiro atoms. The van der Waals surface area contributed by atoms with Gasteiger partial charge < -0.3 is 11.1 Å². The first-order valence-corrected chi connectivity index (χ1v) is 4.47. The molecule has 0 rings (SSSR count). The molecule has 72 valence electrons. The lowest BCUT2D eigenvalue weighted by Crippen LogP contribution is -2.46. The highest BCUT2D eigenvalue weighted by atomic mass is 16.1. The number of Topliss-reactive ketones (excluding diaryl/α,β-unsaturated/α-hetero) is 1. The zero-order chi connectivity index (χ0) is 9.61. The van der Waals surface area contributed by atoms with Crippen LogP contribution in [0.1, 0.15) is 33.1 Å². The molecule has 0 radical (unpaired) electrons. The van der Waals surface area contributed by atoms with Gasteiger partial charge in [-0.05, 0) is 46.7 Å². The summed E-state index contributed by atoms with van der Waals surface area (Å²) in [4.78, 5) is 11.2. The van der Waals surface area contributed by atoms with Crippen LogP contribution in [0.4, 0.5) is 0 Å². The molecule has 3 N–H and O–H groups in total. The van der Waals surface area contributed by atoms with Crippen LogP contribution in [0.25, 0.3) is 0 Å². The number of hydrogen-bond acceptors (Lipinski definition) is 3. The number of hydrogen-bond donors (Lipinski definition) is 2. The SMILES string of the molecule is CNC(C)(CCCCN)C(C)=O. The summed E-state index contributed by atoms with van der Waals surface area (Å²) in [5.74, 6) is 0.196. The Hall–Kier alpha value is -0.410. The van der Waals surface area contributed by atoms with Crippen molar-refractivity contribution in [3.63, 3.8) is 0 Å². The average Bonchev–Trinajstić information content (AvgIpc) is 2.04. The van der Waals surface area contributed by atoms with Crippen LogP contribution in [-0.2, 0) is 4.79 Å². The molecule has 0 aliphatic rings. The molecule has 0 amide bonds. The van der Waals surface area contributed by atoms with Gasteiger partial charge in [-0.2, -0.15) is 0 Å². The van der Waals surface area contributed by atoms with Gasteiger partial charge in [0.15, 0.2) is 0 Å². The third-order valence-corrected chi connectivity index (χ3v) is 2.46. The van der Waals surface area contributed by atoms with E-state index in [-0.39, 0.29) is 11.3 Å². The largest absolute Gasteiger partial charge is 0.330 e. The Bertz CT molecular complexity index is 147. The number of carbonyl (C=O) groups excluding carboxylic acids is 1. The first kappa shape index (κ1) is 11.6. The Balaban J connectivity index is 3.88. The summed E-state index contributed by atoms with van der Waals surface area (Å²) in [7, 11) is 1.82. The normalized spacial score (nSPS) is 15.7. The van der Waals surface area contributed by atoms with Crippen molar-refractivity contribution in [3.05, 3.63) is 0 Å². The second-order valence-electron chi connectivity index (χ2n) is 3.38. The van der Waals surface area contributed by atoms with Crippen LogP contribution < -0.4 is 11.1 Å². The van der Waals surface area contributed by atoms with Crippen LogP contribution in [0.2, 0.25) is 0 Å². The molecule has 0 heterocycles. The lowest BCUT2D eigenvalue weighted by atomic mass is 9.91. The second kappa shape index (κ2) is 5.27. The smallest absolute Gasteiger partial charge is 0.149 e. The molecular formula is C9H20N2O. The van der Waals surface area contributed by atoms with E-state index in [4.69, 9.17) is 5.73 Å². The van der Waals surface area contributed by atoms with Gasteiger partial charge in [-0.25, -0.2) is 0 Å². The van der Waals surface area contributed by atoms with Crippen molar-refractivity contribution >= 4 is 5.78 Å². The highest BCUT2D eigenvalue weighted by Gasteiger charge is 2.26. The third kappa shape index (κ3) is 3.32. The summed E-state index contributed by atoms with van der Waals surface area (Å²) in [6.45, 7) is 4.27. The quantitative estimate of drug-likeness (QED) is 0.579. The predicted octanol–water partition coefficient (Wildman–Crippen LogP) is 0.682. The number of nitrogens with one attached hydrogen (secondary N) is 1. The highest BCUT2D eigenvalue weighted by molar-refractivity contribution is 5.85. The molecule has 1 unspecified atom stereocenters. The Morgan fingerprint density at radius 3 is 2.42 bits per heavy atom. The maximum absolute atomic E-state index is 11.2. The molecule has 0 aromatic rings. The lowest BCUT2D eigenvalue weighted by Gasteiger charge is -2.25. The molecule has 0 saturated heterocycles. The molecule has 3 heteroatoms. The van der Waals surface area contributed by atoms with E-state index in [1.165, 1.54) is 0 Å². The zero-order valence-corrected chi connectivity index (χ0v) is 8.31. The predicted molar refractivity (Wildman–Crippen MR) is 51.1 cm³/mol. The van der Waals surface area contributed by atoms with Gasteiger partial charge in [0.25, 0.3) is 0 Å². The lowest BCUT2D eigenvalue weighted by molar-refractivity contribution is -0.122. The number of unbranched alkanes of at least 4 members (excludes halogenated alkanes) is 1. The number of carbonyl (C=O) groups is 1. The van der Waals surface area contributed by atoms with Crippen molar-refractivity contribution in [3.8, 4) is 0 Å². The van der Waals surface area contributed by atoms with Crippen LogP contribution >= 0.6 is 0 Å². The minimum atomic E-state index is -0.352. The highest BCUT2D eigenvalue weighted by Crippen LogP contribution is 2.13. The fraction of sp³-hybridized carbons (Fsp3) is 0.889. The van der Waals surface area contributed by atoms with E-state index in [1.54, 1.807) is 6.92 Å². The van der Waals surface area contributed by atoms with E-state index in [0.29, 0.717) is 6.54 Å². The molecule has 0 fully saturated rings. The van der Waals surface area contributed by atoms with Crippen molar-refractivity contribution in [2.45, 2.75) is 38.6 Å². The number of nitrogens with two attached hydrogens (primary N) is 1. The molecule has 12 heavy (non-hydrogen) atoms. The standard InChI is InChI=1S/C9H20N2O/c1-8(12)9(2,11-3)6-4-5-7-10/h11H,4-7,10H2,1-3H3. The van der Waals surface area contributed by atoms with Gasteiger partial charge in [-0.1, -0.05) is 0 Å². The van der Waals surface area contributed by atoms with Gasteiger partial charge in [-0.3, -0.25) is 4.79 Å². The Morgan fingerprint density at radius 1 is 1.50 bits per heavy atom. The Kier molecular flexibility index (Phi) is 5.09. The monoisotopic (exact) mass is 172 g/mol. The first-order valence-electron chi connectivity index (χ1n) is 4.47. The van der Waals surface area contributed by atoms with E-state index < -0.39 is 0 Å². The molecule has 0 bridgehead atoms. The minimum Gasteiger partial charge on any atom is -0.330 e. The third-order valence-electron chi connectivity index (χ3n) is 2.46. The zero-order valence-electron chi connectivity index (χ0n) is 8.31. The van der Waals surface area contributed by atoms with Crippen LogP contribution in [0.3, 0.4) is 0 Å². The van der Waals surface area contributed by atoms with Crippen LogP contribution in [-0.4, -0.2) is 24.9 Å². The van der Waals surface area contributed by atoms with Gasteiger partial charge in [-0.15, -0.1) is 0 Å². The van der Waals surface area contributed by atoms with Gasteiger partial charge in [0.05, 0.1) is 5.54 Å². The molecule has 0 aromatic heterocycles. The number of likely N-dealkylation sites (N-methyl/N-ethyl adjacent to an activating group) is 1. The van der Waals surface area contributed by atoms with Gasteiger partial charge in [0.2, 0.25) is 0 Å². The molecule has 0 aliphatic carbocycles. The summed E-state index contributed by atoms with van der Waals surface area (Å²) in [5, 5.41) is 3.05. The maximum Gasteiger partial charge on any atom is 0.149 e. The van der Waals surface area contributed by atoms with E-state index in [9.17, 15) is 4.79 Å². The number of ketones is 1. The maximum atomic E-state index is 11.2. The first-order chi connectivity index (χ1) is 5.56. The summed E-state index contributed by atoms with van der Waals surface area (Å²) in [5.41, 5.74) is 5.02. The average molecular weight is 172 g/mol. The van der Waals surface area contributed by atoms with E-state index in [1.807, 2.05) is 14.0 Å². The van der Waals surface area contributed by atoms with Crippen molar-refractivity contribution in [2.24, 2.45) is 5.73 Å². The van der Waals surface area contributed by atoms with Crippen molar-refractivity contribution in [1.82, 2.24) is 5.32 Å². The number of rotatable bonds is 6. The molecule has 1 atom stereocenters. The van der Waals surface area contributed by atoms with E-state index in [0.717, 1.165) is 19.3 Å². The van der Waals surface area contributed by atoms with Crippen LogP contribution in [0.5, 0.6) is 0 Å². The summed E-state index contributed by atoms with van der Waals surface area (Å²) in [6.07, 6.45) is 2.87. The topological polar surface area (TPSA) is 55.1 Å². The van der Waals surface area contributed by atoms with Crippen molar-refractivity contribution in [1.29, 1.82) is 0 Å². The van der Waals surface area contributed by atoms with Crippen LogP contribution in [0.15, 0.2) is 0 Å². The van der Waals surface area contributed by atoms with Crippen LogP contribution in [0, 0.1) is 0 Å². The Labute approximate surface area is 74.7 Å². The molecule has 0 saturated carbocycles. The van der Waals surface area contributed by atoms with Gasteiger partial charge in [0.1, 0.15) is 5.78 Å². The Morgan fingerprint density at radius 2 is 2.08 bits per heavy atom.